The molecule has 2 fully saturated rings. The van der Waals surface area contributed by atoms with Crippen molar-refractivity contribution in [3.8, 4) is 0 Å². The highest BCUT2D eigenvalue weighted by Crippen LogP contribution is 2.32. The molecule has 1 aromatic carbocycles. The first kappa shape index (κ1) is 17.5. The lowest BCUT2D eigenvalue weighted by Crippen LogP contribution is -2.56. The highest BCUT2D eigenvalue weighted by Gasteiger charge is 2.42. The van der Waals surface area contributed by atoms with Crippen molar-refractivity contribution in [1.29, 1.82) is 0 Å². The predicted octanol–water partition coefficient (Wildman–Crippen LogP) is 2.58. The minimum atomic E-state index is -1.17. The Morgan fingerprint density at radius 1 is 1.20 bits per heavy atom. The minimum absolute atomic E-state index is 0.0957. The molecule has 0 unspecified atom stereocenters. The molecule has 0 radical (unpaired) electrons. The lowest BCUT2D eigenvalue weighted by Gasteiger charge is -2.36. The van der Waals surface area contributed by atoms with E-state index in [0.717, 1.165) is 24.9 Å². The second-order valence-electron chi connectivity index (χ2n) is 7.22. The first-order valence-electron chi connectivity index (χ1n) is 8.88. The number of amides is 2. The third-order valence-corrected chi connectivity index (χ3v) is 5.40. The van der Waals surface area contributed by atoms with Crippen molar-refractivity contribution in [3.05, 3.63) is 29.8 Å². The molecule has 134 valence electrons. The van der Waals surface area contributed by atoms with Gasteiger partial charge in [-0.15, -0.1) is 0 Å². The van der Waals surface area contributed by atoms with Crippen LogP contribution >= 0.6 is 0 Å². The number of nitrogens with one attached hydrogen (secondary N) is 1. The van der Waals surface area contributed by atoms with E-state index in [1.165, 1.54) is 0 Å². The lowest BCUT2D eigenvalue weighted by molar-refractivity contribution is -0.146. The molecule has 2 aliphatic rings. The highest BCUT2D eigenvalue weighted by molar-refractivity contribution is 5.99. The van der Waals surface area contributed by atoms with Crippen molar-refractivity contribution in [2.45, 2.75) is 51.0 Å². The van der Waals surface area contributed by atoms with Crippen LogP contribution in [-0.4, -0.2) is 35.0 Å². The summed E-state index contributed by atoms with van der Waals surface area (Å²) in [6.45, 7) is 2.80. The van der Waals surface area contributed by atoms with E-state index in [2.05, 4.69) is 12.2 Å². The first-order chi connectivity index (χ1) is 11.9. The Labute approximate surface area is 147 Å². The van der Waals surface area contributed by atoms with Crippen LogP contribution in [0, 0.1) is 5.92 Å². The fourth-order valence-electron chi connectivity index (χ4n) is 3.65. The lowest BCUT2D eigenvalue weighted by atomic mass is 9.77. The van der Waals surface area contributed by atoms with E-state index in [0.29, 0.717) is 37.3 Å². The molecule has 2 N–H and O–H groups in total. The third kappa shape index (κ3) is 3.52. The molecular weight excluding hydrogens is 320 g/mol. The van der Waals surface area contributed by atoms with E-state index in [1.54, 1.807) is 29.2 Å². The SMILES string of the molecule is CC1CCC(NC(=O)c2ccc(N3CCCC3=O)cc2)(C(=O)O)CC1. The first-order valence-corrected chi connectivity index (χ1v) is 8.88. The summed E-state index contributed by atoms with van der Waals surface area (Å²) in [5, 5.41) is 12.4. The van der Waals surface area contributed by atoms with E-state index in [1.807, 2.05) is 0 Å². The number of rotatable bonds is 4. The summed E-state index contributed by atoms with van der Waals surface area (Å²) in [7, 11) is 0. The average Bonchev–Trinajstić information content (AvgIpc) is 3.03. The van der Waals surface area contributed by atoms with E-state index in [9.17, 15) is 19.5 Å². The van der Waals surface area contributed by atoms with Crippen LogP contribution in [0.4, 0.5) is 5.69 Å². The zero-order valence-corrected chi connectivity index (χ0v) is 14.5. The zero-order chi connectivity index (χ0) is 18.0. The Morgan fingerprint density at radius 3 is 2.36 bits per heavy atom. The number of carboxylic acid groups (broad SMARTS) is 1. The Kier molecular flexibility index (Phi) is 4.79. The summed E-state index contributed by atoms with van der Waals surface area (Å²) in [6, 6.07) is 6.79. The van der Waals surface area contributed by atoms with Gasteiger partial charge in [0.1, 0.15) is 5.54 Å². The van der Waals surface area contributed by atoms with Gasteiger partial charge >= 0.3 is 5.97 Å². The second-order valence-corrected chi connectivity index (χ2v) is 7.22. The molecule has 0 spiro atoms. The Bertz CT molecular complexity index is 675. The molecule has 1 aliphatic heterocycles. The summed E-state index contributed by atoms with van der Waals surface area (Å²) in [5.41, 5.74) is 0.0147. The summed E-state index contributed by atoms with van der Waals surface area (Å²) < 4.78 is 0. The summed E-state index contributed by atoms with van der Waals surface area (Å²) in [5.74, 6) is -0.761. The van der Waals surface area contributed by atoms with Gasteiger partial charge in [-0.05, 0) is 62.3 Å². The molecule has 0 aromatic heterocycles. The molecule has 3 rings (SSSR count). The number of carbonyl (C=O) groups is 3. The predicted molar refractivity (Wildman–Crippen MR) is 93.5 cm³/mol. The molecule has 0 atom stereocenters. The average molecular weight is 344 g/mol. The monoisotopic (exact) mass is 344 g/mol. The number of carbonyl (C=O) groups excluding carboxylic acids is 2. The van der Waals surface area contributed by atoms with Crippen LogP contribution < -0.4 is 10.2 Å². The van der Waals surface area contributed by atoms with Gasteiger partial charge in [-0.1, -0.05) is 6.92 Å². The van der Waals surface area contributed by atoms with Gasteiger partial charge in [-0.2, -0.15) is 0 Å². The highest BCUT2D eigenvalue weighted by atomic mass is 16.4. The van der Waals surface area contributed by atoms with Crippen LogP contribution in [0.1, 0.15) is 55.8 Å². The van der Waals surface area contributed by atoms with E-state index in [-0.39, 0.29) is 11.8 Å². The topological polar surface area (TPSA) is 86.7 Å². The van der Waals surface area contributed by atoms with Gasteiger partial charge in [-0.25, -0.2) is 4.79 Å². The number of hydrogen-bond acceptors (Lipinski definition) is 3. The van der Waals surface area contributed by atoms with Crippen molar-refractivity contribution >= 4 is 23.5 Å². The molecule has 1 aliphatic carbocycles. The molecule has 2 amide bonds. The molecular formula is C19H24N2O4. The maximum atomic E-state index is 12.5. The molecule has 6 nitrogen and oxygen atoms in total. The number of hydrogen-bond donors (Lipinski definition) is 2. The fraction of sp³-hybridized carbons (Fsp3) is 0.526. The number of anilines is 1. The molecule has 1 heterocycles. The van der Waals surface area contributed by atoms with Crippen LogP contribution in [-0.2, 0) is 9.59 Å². The number of benzene rings is 1. The van der Waals surface area contributed by atoms with Crippen molar-refractivity contribution in [2.75, 3.05) is 11.4 Å². The maximum absolute atomic E-state index is 12.5. The van der Waals surface area contributed by atoms with Gasteiger partial charge in [0.05, 0.1) is 0 Å². The smallest absolute Gasteiger partial charge is 0.329 e. The number of nitrogens with zero attached hydrogens (tertiary/aromatic N) is 1. The summed E-state index contributed by atoms with van der Waals surface area (Å²) in [6.07, 6.45) is 3.90. The number of carboxylic acids is 1. The fourth-order valence-corrected chi connectivity index (χ4v) is 3.65. The molecule has 1 saturated carbocycles. The van der Waals surface area contributed by atoms with Crippen molar-refractivity contribution < 1.29 is 19.5 Å². The largest absolute Gasteiger partial charge is 0.480 e. The van der Waals surface area contributed by atoms with Crippen LogP contribution in [0.2, 0.25) is 0 Å². The van der Waals surface area contributed by atoms with Crippen molar-refractivity contribution in [3.63, 3.8) is 0 Å². The number of aliphatic carboxylic acids is 1. The second kappa shape index (κ2) is 6.86. The Morgan fingerprint density at radius 2 is 1.84 bits per heavy atom. The maximum Gasteiger partial charge on any atom is 0.329 e. The van der Waals surface area contributed by atoms with Crippen LogP contribution in [0.25, 0.3) is 0 Å². The normalized spacial score (nSPS) is 26.5. The van der Waals surface area contributed by atoms with Crippen LogP contribution in [0.3, 0.4) is 0 Å². The summed E-state index contributed by atoms with van der Waals surface area (Å²) in [4.78, 5) is 37.8. The molecule has 1 saturated heterocycles. The van der Waals surface area contributed by atoms with E-state index in [4.69, 9.17) is 0 Å². The molecule has 1 aromatic rings. The van der Waals surface area contributed by atoms with Crippen molar-refractivity contribution in [2.24, 2.45) is 5.92 Å². The van der Waals surface area contributed by atoms with Gasteiger partial charge < -0.3 is 15.3 Å². The Hall–Kier alpha value is -2.37. The van der Waals surface area contributed by atoms with Gasteiger partial charge in [-0.3, -0.25) is 9.59 Å². The van der Waals surface area contributed by atoms with Gasteiger partial charge in [0.15, 0.2) is 0 Å². The van der Waals surface area contributed by atoms with Gasteiger partial charge in [0.2, 0.25) is 5.91 Å². The molecule has 0 bridgehead atoms. The molecule has 25 heavy (non-hydrogen) atoms. The third-order valence-electron chi connectivity index (χ3n) is 5.40. The van der Waals surface area contributed by atoms with Crippen LogP contribution in [0.15, 0.2) is 24.3 Å². The van der Waals surface area contributed by atoms with E-state index < -0.39 is 11.5 Å². The standard InChI is InChI=1S/C19H24N2O4/c1-13-8-10-19(11-9-13,18(24)25)20-17(23)14-4-6-15(7-5-14)21-12-2-3-16(21)22/h4-7,13H,2-3,8-12H2,1H3,(H,20,23)(H,24,25). The minimum Gasteiger partial charge on any atom is -0.480 e. The van der Waals surface area contributed by atoms with Gasteiger partial charge in [0, 0.05) is 24.2 Å². The zero-order valence-electron chi connectivity index (χ0n) is 14.5. The molecule has 6 heteroatoms. The van der Waals surface area contributed by atoms with E-state index >= 15 is 0 Å². The quantitative estimate of drug-likeness (QED) is 0.879. The van der Waals surface area contributed by atoms with Gasteiger partial charge in [0.25, 0.3) is 5.91 Å². The Balaban J connectivity index is 1.72. The summed E-state index contributed by atoms with van der Waals surface area (Å²) >= 11 is 0. The van der Waals surface area contributed by atoms with Crippen molar-refractivity contribution in [1.82, 2.24) is 5.32 Å². The van der Waals surface area contributed by atoms with Crippen LogP contribution in [0.5, 0.6) is 0 Å².